The minimum absolute atomic E-state index is 0.00169. The van der Waals surface area contributed by atoms with Crippen molar-refractivity contribution in [1.82, 2.24) is 5.06 Å². The van der Waals surface area contributed by atoms with Crippen molar-refractivity contribution in [3.05, 3.63) is 59.7 Å². The van der Waals surface area contributed by atoms with Crippen LogP contribution in [0.3, 0.4) is 0 Å². The van der Waals surface area contributed by atoms with E-state index in [9.17, 15) is 18.0 Å². The maximum atomic E-state index is 12.9. The molecule has 0 aromatic heterocycles. The van der Waals surface area contributed by atoms with E-state index >= 15 is 0 Å². The number of hydroxylamine groups is 2. The van der Waals surface area contributed by atoms with E-state index in [2.05, 4.69) is 0 Å². The van der Waals surface area contributed by atoms with Gasteiger partial charge < -0.3 is 14.3 Å². The van der Waals surface area contributed by atoms with E-state index in [1.807, 2.05) is 30.3 Å². The predicted molar refractivity (Wildman–Crippen MR) is 97.3 cm³/mol. The van der Waals surface area contributed by atoms with Crippen LogP contribution in [0, 0.1) is 0 Å². The second-order valence-electron chi connectivity index (χ2n) is 7.42. The molecule has 2 atom stereocenters. The van der Waals surface area contributed by atoms with Crippen molar-refractivity contribution in [3.63, 3.8) is 0 Å². The van der Waals surface area contributed by atoms with Gasteiger partial charge in [0, 0.05) is 5.92 Å². The molecule has 4 rings (SSSR count). The summed E-state index contributed by atoms with van der Waals surface area (Å²) in [5.41, 5.74) is 0.907. The Hall–Kier alpha value is -2.74. The van der Waals surface area contributed by atoms with Gasteiger partial charge in [0.2, 0.25) is 0 Å². The fraction of sp³-hybridized carbons (Fsp3) is 0.381. The maximum Gasteiger partial charge on any atom is 0.492 e. The van der Waals surface area contributed by atoms with Crippen LogP contribution in [0.5, 0.6) is 11.5 Å². The molecular formula is C21H20F3NO4. The third-order valence-corrected chi connectivity index (χ3v) is 5.34. The second-order valence-corrected chi connectivity index (χ2v) is 7.42. The summed E-state index contributed by atoms with van der Waals surface area (Å²) in [6.45, 7) is 2.64. The van der Waals surface area contributed by atoms with Crippen LogP contribution in [0.4, 0.5) is 13.2 Å². The summed E-state index contributed by atoms with van der Waals surface area (Å²) in [5.74, 6) is -1.16. The van der Waals surface area contributed by atoms with Crippen LogP contribution < -0.4 is 9.47 Å². The number of ether oxygens (including phenoxy) is 2. The van der Waals surface area contributed by atoms with E-state index in [-0.39, 0.29) is 12.5 Å². The first-order chi connectivity index (χ1) is 13.8. The van der Waals surface area contributed by atoms with E-state index < -0.39 is 17.7 Å². The minimum Gasteiger partial charge on any atom is -0.486 e. The lowest BCUT2D eigenvalue weighted by Gasteiger charge is -2.29. The molecule has 8 heteroatoms. The summed E-state index contributed by atoms with van der Waals surface area (Å²) < 4.78 is 49.6. The van der Waals surface area contributed by atoms with E-state index in [0.29, 0.717) is 36.7 Å². The Kier molecular flexibility index (Phi) is 4.90. The summed E-state index contributed by atoms with van der Waals surface area (Å²) in [6, 6.07) is 14.6. The van der Waals surface area contributed by atoms with Gasteiger partial charge in [-0.3, -0.25) is 0 Å². The molecule has 0 N–H and O–H groups in total. The normalized spacial score (nSPS) is 23.0. The molecule has 2 unspecified atom stereocenters. The Morgan fingerprint density at radius 2 is 1.83 bits per heavy atom. The Bertz CT molecular complexity index is 903. The molecule has 2 aliphatic rings. The molecule has 154 valence electrons. The molecular weight excluding hydrogens is 387 g/mol. The molecule has 2 aromatic rings. The highest BCUT2D eigenvalue weighted by atomic mass is 19.4. The fourth-order valence-corrected chi connectivity index (χ4v) is 3.61. The summed E-state index contributed by atoms with van der Waals surface area (Å²) in [7, 11) is 0. The standard InChI is InChI=1S/C21H20F3NO4/c1-20(12-16(20)15-5-3-2-4-6-15)25(29-19(26)21(22,23)24)13-14-7-8-17-18(11-14)28-10-9-27-17/h2-8,11,16H,9-10,12-13H2,1H3. The Morgan fingerprint density at radius 1 is 1.14 bits per heavy atom. The largest absolute Gasteiger partial charge is 0.492 e. The molecule has 0 radical (unpaired) electrons. The third kappa shape index (κ3) is 4.03. The van der Waals surface area contributed by atoms with Gasteiger partial charge in [-0.1, -0.05) is 36.4 Å². The molecule has 0 amide bonds. The Morgan fingerprint density at radius 3 is 2.52 bits per heavy atom. The molecule has 1 heterocycles. The van der Waals surface area contributed by atoms with E-state index in [0.717, 1.165) is 10.6 Å². The molecule has 0 bridgehead atoms. The molecule has 0 saturated heterocycles. The third-order valence-electron chi connectivity index (χ3n) is 5.34. The maximum absolute atomic E-state index is 12.9. The van der Waals surface area contributed by atoms with Crippen molar-refractivity contribution in [2.75, 3.05) is 13.2 Å². The van der Waals surface area contributed by atoms with Crippen LogP contribution in [0.1, 0.15) is 30.4 Å². The Balaban J connectivity index is 1.58. The van der Waals surface area contributed by atoms with Crippen LogP contribution in [0.25, 0.3) is 0 Å². The summed E-state index contributed by atoms with van der Waals surface area (Å²) in [6.07, 6.45) is -4.49. The number of halogens is 3. The van der Waals surface area contributed by atoms with Crippen molar-refractivity contribution in [3.8, 4) is 11.5 Å². The van der Waals surface area contributed by atoms with Crippen LogP contribution in [-0.4, -0.2) is 36.0 Å². The zero-order valence-corrected chi connectivity index (χ0v) is 15.7. The topological polar surface area (TPSA) is 48.0 Å². The Labute approximate surface area is 165 Å². The summed E-state index contributed by atoms with van der Waals surface area (Å²) in [4.78, 5) is 16.4. The number of carbonyl (C=O) groups is 1. The van der Waals surface area contributed by atoms with Crippen molar-refractivity contribution in [2.24, 2.45) is 0 Å². The molecule has 0 spiro atoms. The first-order valence-corrected chi connectivity index (χ1v) is 9.27. The number of hydrogen-bond donors (Lipinski definition) is 0. The predicted octanol–water partition coefficient (Wildman–Crippen LogP) is 4.23. The highest BCUT2D eigenvalue weighted by molar-refractivity contribution is 5.75. The lowest BCUT2D eigenvalue weighted by atomic mass is 10.1. The minimum atomic E-state index is -5.07. The lowest BCUT2D eigenvalue weighted by molar-refractivity contribution is -0.251. The number of benzene rings is 2. The van der Waals surface area contributed by atoms with Gasteiger partial charge in [0.25, 0.3) is 0 Å². The van der Waals surface area contributed by atoms with Crippen LogP contribution in [0.2, 0.25) is 0 Å². The molecule has 1 aliphatic carbocycles. The number of nitrogens with zero attached hydrogens (tertiary/aromatic N) is 1. The smallest absolute Gasteiger partial charge is 0.486 e. The molecule has 1 aliphatic heterocycles. The van der Waals surface area contributed by atoms with E-state index in [1.54, 1.807) is 25.1 Å². The molecule has 5 nitrogen and oxygen atoms in total. The second kappa shape index (κ2) is 7.26. The zero-order valence-electron chi connectivity index (χ0n) is 15.7. The highest BCUT2D eigenvalue weighted by Crippen LogP contribution is 2.56. The van der Waals surface area contributed by atoms with E-state index in [1.165, 1.54) is 0 Å². The number of alkyl halides is 3. The van der Waals surface area contributed by atoms with Crippen LogP contribution >= 0.6 is 0 Å². The van der Waals surface area contributed by atoms with Crippen molar-refractivity contribution < 1.29 is 32.3 Å². The molecule has 2 aromatic carbocycles. The molecule has 1 fully saturated rings. The van der Waals surface area contributed by atoms with Gasteiger partial charge in [-0.2, -0.15) is 13.2 Å². The zero-order chi connectivity index (χ0) is 20.6. The summed E-state index contributed by atoms with van der Waals surface area (Å²) >= 11 is 0. The highest BCUT2D eigenvalue weighted by Gasteiger charge is 2.58. The molecule has 29 heavy (non-hydrogen) atoms. The van der Waals surface area contributed by atoms with Crippen LogP contribution in [0.15, 0.2) is 48.5 Å². The fourth-order valence-electron chi connectivity index (χ4n) is 3.61. The number of fused-ring (bicyclic) bond motifs is 1. The van der Waals surface area contributed by atoms with Gasteiger partial charge in [0.15, 0.2) is 11.5 Å². The summed E-state index contributed by atoms with van der Waals surface area (Å²) in [5, 5.41) is 1.14. The van der Waals surface area contributed by atoms with Gasteiger partial charge in [0.1, 0.15) is 13.2 Å². The van der Waals surface area contributed by atoms with Gasteiger partial charge in [-0.05, 0) is 36.6 Å². The number of rotatable bonds is 5. The van der Waals surface area contributed by atoms with Crippen molar-refractivity contribution in [1.29, 1.82) is 0 Å². The van der Waals surface area contributed by atoms with Gasteiger partial charge in [-0.25, -0.2) is 4.79 Å². The lowest BCUT2D eigenvalue weighted by Crippen LogP contribution is -2.41. The first-order valence-electron chi connectivity index (χ1n) is 9.27. The van der Waals surface area contributed by atoms with Gasteiger partial charge in [-0.15, -0.1) is 5.06 Å². The van der Waals surface area contributed by atoms with E-state index in [4.69, 9.17) is 14.3 Å². The van der Waals surface area contributed by atoms with Crippen molar-refractivity contribution in [2.45, 2.75) is 37.5 Å². The molecule has 1 saturated carbocycles. The average molecular weight is 407 g/mol. The van der Waals surface area contributed by atoms with Crippen molar-refractivity contribution >= 4 is 5.97 Å². The first kappa shape index (κ1) is 19.6. The number of carbonyl (C=O) groups excluding carboxylic acids is 1. The van der Waals surface area contributed by atoms with Crippen LogP contribution in [-0.2, 0) is 16.2 Å². The monoisotopic (exact) mass is 407 g/mol. The number of hydrogen-bond acceptors (Lipinski definition) is 5. The van der Waals surface area contributed by atoms with Gasteiger partial charge >= 0.3 is 12.1 Å². The average Bonchev–Trinajstić information content (AvgIpc) is 3.40. The SMILES string of the molecule is CC1(N(Cc2ccc3c(c2)OCCO3)OC(=O)C(F)(F)F)CC1c1ccccc1. The quantitative estimate of drug-likeness (QED) is 0.695. The van der Waals surface area contributed by atoms with Gasteiger partial charge in [0.05, 0.1) is 12.1 Å².